The van der Waals surface area contributed by atoms with Crippen molar-refractivity contribution in [1.29, 1.82) is 0 Å². The molecule has 3 aromatic carbocycles. The molecule has 1 aliphatic rings. The minimum atomic E-state index is -1.28. The lowest BCUT2D eigenvalue weighted by Gasteiger charge is -2.15. The summed E-state index contributed by atoms with van der Waals surface area (Å²) in [5, 5.41) is 0. The van der Waals surface area contributed by atoms with E-state index in [4.69, 9.17) is 14.2 Å². The summed E-state index contributed by atoms with van der Waals surface area (Å²) in [5.74, 6) is -3.39. The summed E-state index contributed by atoms with van der Waals surface area (Å²) in [7, 11) is 0. The zero-order valence-electron chi connectivity index (χ0n) is 21.5. The average Bonchev–Trinajstić information content (AvgIpc) is 2.94. The van der Waals surface area contributed by atoms with E-state index < -0.39 is 29.6 Å². The fourth-order valence-corrected chi connectivity index (χ4v) is 3.75. The van der Waals surface area contributed by atoms with Gasteiger partial charge in [-0.1, -0.05) is 49.6 Å². The van der Waals surface area contributed by atoms with Crippen molar-refractivity contribution in [3.05, 3.63) is 126 Å². The van der Waals surface area contributed by atoms with E-state index >= 15 is 0 Å². The summed E-state index contributed by atoms with van der Waals surface area (Å²) in [4.78, 5) is 35.5. The minimum Gasteiger partial charge on any atom is -0.428 e. The van der Waals surface area contributed by atoms with Crippen LogP contribution in [-0.2, 0) is 19.1 Å². The number of carbonyl (C=O) groups excluding carboxylic acids is 3. The van der Waals surface area contributed by atoms with E-state index in [1.165, 1.54) is 12.1 Å². The van der Waals surface area contributed by atoms with Crippen molar-refractivity contribution in [3.8, 4) is 28.0 Å². The molecule has 3 aromatic rings. The van der Waals surface area contributed by atoms with Crippen LogP contribution in [0.2, 0.25) is 0 Å². The number of benzene rings is 3. The number of hydrogen-bond donors (Lipinski definition) is 0. The fraction of sp³-hybridized carbons (Fsp3) is 0.0938. The van der Waals surface area contributed by atoms with Crippen molar-refractivity contribution >= 4 is 17.9 Å². The molecular formula is C32H24F2O6. The van der Waals surface area contributed by atoms with Crippen molar-refractivity contribution in [2.45, 2.75) is 19.8 Å². The number of ether oxygens (including phenoxy) is 3. The Balaban J connectivity index is 1.39. The van der Waals surface area contributed by atoms with E-state index in [9.17, 15) is 23.2 Å². The Bertz CT molecular complexity index is 1560. The van der Waals surface area contributed by atoms with Gasteiger partial charge in [-0.2, -0.15) is 4.39 Å². The van der Waals surface area contributed by atoms with Crippen LogP contribution in [-0.4, -0.2) is 17.9 Å². The smallest absolute Gasteiger partial charge is 0.371 e. The van der Waals surface area contributed by atoms with Crippen molar-refractivity contribution < 1.29 is 37.4 Å². The predicted molar refractivity (Wildman–Crippen MR) is 145 cm³/mol. The van der Waals surface area contributed by atoms with Gasteiger partial charge in [0.1, 0.15) is 23.1 Å². The molecule has 0 atom stereocenters. The Hall–Kier alpha value is -5.11. The lowest BCUT2D eigenvalue weighted by molar-refractivity contribution is -0.135. The van der Waals surface area contributed by atoms with Crippen LogP contribution in [0.5, 0.6) is 5.75 Å². The van der Waals surface area contributed by atoms with Crippen LogP contribution in [0.4, 0.5) is 8.78 Å². The third kappa shape index (κ3) is 6.85. The van der Waals surface area contributed by atoms with Crippen LogP contribution < -0.4 is 4.74 Å². The second-order valence-electron chi connectivity index (χ2n) is 8.92. The number of carbonyl (C=O) groups is 3. The second kappa shape index (κ2) is 12.2. The van der Waals surface area contributed by atoms with E-state index in [-0.39, 0.29) is 11.3 Å². The average molecular weight is 543 g/mol. The number of halogens is 2. The van der Waals surface area contributed by atoms with Gasteiger partial charge in [-0.15, -0.1) is 0 Å². The van der Waals surface area contributed by atoms with Gasteiger partial charge in [-0.25, -0.2) is 18.8 Å². The van der Waals surface area contributed by atoms with E-state index in [2.05, 4.69) is 13.2 Å². The minimum absolute atomic E-state index is 0.134. The van der Waals surface area contributed by atoms with Gasteiger partial charge in [0.25, 0.3) is 0 Å². The number of hydrogen-bond acceptors (Lipinski definition) is 6. The first-order valence-corrected chi connectivity index (χ1v) is 12.2. The summed E-state index contributed by atoms with van der Waals surface area (Å²) in [6, 6.07) is 17.7. The van der Waals surface area contributed by atoms with Gasteiger partial charge >= 0.3 is 17.9 Å². The van der Waals surface area contributed by atoms with Crippen LogP contribution in [0.25, 0.3) is 22.3 Å². The standard InChI is InChI=1S/C32H24F2O6/c1-19(2)30(35)38-25-12-14-26(15-13-25)39-32(37)24-10-6-22(7-11-24)21-4-8-23(9-5-21)28-17-16-27(18-29(28)34)40-31(36)20(3)33/h4-12,14,16-18H,1,3,13,15H2,2H3. The zero-order chi connectivity index (χ0) is 28.8. The van der Waals surface area contributed by atoms with Crippen LogP contribution in [0.15, 0.2) is 115 Å². The molecule has 202 valence electrons. The molecule has 0 N–H and O–H groups in total. The maximum Gasteiger partial charge on any atom is 0.371 e. The van der Waals surface area contributed by atoms with Crippen molar-refractivity contribution in [2.24, 2.45) is 0 Å². The molecule has 8 heteroatoms. The Morgan fingerprint density at radius 1 is 0.725 bits per heavy atom. The Morgan fingerprint density at radius 3 is 1.80 bits per heavy atom. The highest BCUT2D eigenvalue weighted by Gasteiger charge is 2.17. The first-order chi connectivity index (χ1) is 19.1. The summed E-state index contributed by atoms with van der Waals surface area (Å²) < 4.78 is 42.8. The molecule has 0 aliphatic heterocycles. The van der Waals surface area contributed by atoms with Gasteiger partial charge in [-0.05, 0) is 60.0 Å². The van der Waals surface area contributed by atoms with Crippen molar-refractivity contribution in [3.63, 3.8) is 0 Å². The first kappa shape index (κ1) is 27.9. The molecule has 0 bridgehead atoms. The van der Waals surface area contributed by atoms with E-state index in [1.54, 1.807) is 67.6 Å². The maximum absolute atomic E-state index is 14.6. The van der Waals surface area contributed by atoms with Gasteiger partial charge in [0.15, 0.2) is 0 Å². The quantitative estimate of drug-likeness (QED) is 0.168. The Morgan fingerprint density at radius 2 is 1.27 bits per heavy atom. The molecule has 0 radical (unpaired) electrons. The molecule has 0 spiro atoms. The topological polar surface area (TPSA) is 78.9 Å². The largest absolute Gasteiger partial charge is 0.428 e. The van der Waals surface area contributed by atoms with Crippen LogP contribution in [0.1, 0.15) is 30.1 Å². The molecule has 0 unspecified atom stereocenters. The number of rotatable bonds is 8. The first-order valence-electron chi connectivity index (χ1n) is 12.2. The van der Waals surface area contributed by atoms with E-state index in [0.29, 0.717) is 41.1 Å². The molecule has 40 heavy (non-hydrogen) atoms. The van der Waals surface area contributed by atoms with Gasteiger partial charge < -0.3 is 14.2 Å². The lowest BCUT2D eigenvalue weighted by Crippen LogP contribution is -2.10. The maximum atomic E-state index is 14.6. The van der Waals surface area contributed by atoms with Crippen LogP contribution in [0, 0.1) is 5.82 Å². The summed E-state index contributed by atoms with van der Waals surface area (Å²) >= 11 is 0. The van der Waals surface area contributed by atoms with E-state index in [1.807, 2.05) is 0 Å². The molecule has 4 rings (SSSR count). The normalized spacial score (nSPS) is 12.5. The SMILES string of the molecule is C=C(C)C(=O)OC1=CC=C(OC(=O)c2ccc(-c3ccc(-c4ccc(OC(=O)C(=C)F)cc4F)cc3)cc2)CC1. The van der Waals surface area contributed by atoms with Gasteiger partial charge in [-0.3, -0.25) is 0 Å². The van der Waals surface area contributed by atoms with Gasteiger partial charge in [0, 0.05) is 30.0 Å². The van der Waals surface area contributed by atoms with Crippen LogP contribution >= 0.6 is 0 Å². The molecular weight excluding hydrogens is 518 g/mol. The second-order valence-corrected chi connectivity index (χ2v) is 8.92. The molecule has 6 nitrogen and oxygen atoms in total. The molecule has 0 aromatic heterocycles. The Labute approximate surface area is 229 Å². The third-order valence-corrected chi connectivity index (χ3v) is 5.89. The highest BCUT2D eigenvalue weighted by atomic mass is 19.1. The van der Waals surface area contributed by atoms with Crippen LogP contribution in [0.3, 0.4) is 0 Å². The summed E-state index contributed by atoms with van der Waals surface area (Å²) in [6.45, 7) is 7.95. The molecule has 0 fully saturated rings. The van der Waals surface area contributed by atoms with Gasteiger partial charge in [0.05, 0.1) is 5.56 Å². The van der Waals surface area contributed by atoms with E-state index in [0.717, 1.165) is 17.2 Å². The summed E-state index contributed by atoms with van der Waals surface area (Å²) in [6.07, 6.45) is 4.03. The summed E-state index contributed by atoms with van der Waals surface area (Å²) in [5.41, 5.74) is 3.20. The van der Waals surface area contributed by atoms with Crippen molar-refractivity contribution in [2.75, 3.05) is 0 Å². The molecule has 0 heterocycles. The lowest BCUT2D eigenvalue weighted by atomic mass is 9.99. The zero-order valence-corrected chi connectivity index (χ0v) is 21.5. The number of esters is 3. The third-order valence-electron chi connectivity index (χ3n) is 5.89. The molecule has 0 saturated carbocycles. The highest BCUT2D eigenvalue weighted by molar-refractivity contribution is 5.91. The number of allylic oxidation sites excluding steroid dienone is 4. The predicted octanol–water partition coefficient (Wildman–Crippen LogP) is 7.39. The van der Waals surface area contributed by atoms with Crippen molar-refractivity contribution in [1.82, 2.24) is 0 Å². The Kier molecular flexibility index (Phi) is 8.49. The van der Waals surface area contributed by atoms with Gasteiger partial charge in [0.2, 0.25) is 5.83 Å². The molecule has 0 saturated heterocycles. The highest BCUT2D eigenvalue weighted by Crippen LogP contribution is 2.29. The monoisotopic (exact) mass is 542 g/mol. The molecule has 0 amide bonds. The molecule has 1 aliphatic carbocycles. The fourth-order valence-electron chi connectivity index (χ4n) is 3.75.